The van der Waals surface area contributed by atoms with Crippen LogP contribution in [0.1, 0.15) is 31.2 Å². The van der Waals surface area contributed by atoms with E-state index >= 15 is 0 Å². The van der Waals surface area contributed by atoms with E-state index in [0.717, 1.165) is 31.2 Å². The minimum Gasteiger partial charge on any atom is -0.311 e. The summed E-state index contributed by atoms with van der Waals surface area (Å²) < 4.78 is 27.8. The quantitative estimate of drug-likeness (QED) is 0.880. The van der Waals surface area contributed by atoms with Crippen LogP contribution in [0, 0.1) is 6.92 Å². The zero-order valence-corrected chi connectivity index (χ0v) is 14.2. The van der Waals surface area contributed by atoms with Gasteiger partial charge in [0.2, 0.25) is 10.0 Å². The van der Waals surface area contributed by atoms with Gasteiger partial charge in [0.1, 0.15) is 4.90 Å². The molecule has 0 radical (unpaired) electrons. The Bertz CT molecular complexity index is 609. The van der Waals surface area contributed by atoms with Gasteiger partial charge in [0.05, 0.1) is 5.02 Å². The Morgan fingerprint density at radius 1 is 1.24 bits per heavy atom. The molecule has 21 heavy (non-hydrogen) atoms. The van der Waals surface area contributed by atoms with Gasteiger partial charge in [-0.25, -0.2) is 13.1 Å². The van der Waals surface area contributed by atoms with Crippen molar-refractivity contribution in [1.82, 2.24) is 10.0 Å². The van der Waals surface area contributed by atoms with Crippen LogP contribution in [0.5, 0.6) is 0 Å². The lowest BCUT2D eigenvalue weighted by Gasteiger charge is -2.29. The molecule has 2 N–H and O–H groups in total. The molecule has 1 aromatic carbocycles. The van der Waals surface area contributed by atoms with Crippen LogP contribution in [0.3, 0.4) is 0 Å². The summed E-state index contributed by atoms with van der Waals surface area (Å²) in [6.45, 7) is 1.81. The average molecular weight is 351 g/mol. The van der Waals surface area contributed by atoms with Crippen LogP contribution >= 0.6 is 24.0 Å². The second-order valence-electron chi connectivity index (χ2n) is 5.81. The Morgan fingerprint density at radius 3 is 2.48 bits per heavy atom. The van der Waals surface area contributed by atoms with E-state index in [2.05, 4.69) is 10.0 Å². The van der Waals surface area contributed by atoms with Gasteiger partial charge in [-0.15, -0.1) is 12.4 Å². The maximum Gasteiger partial charge on any atom is 0.242 e. The largest absolute Gasteiger partial charge is 0.311 e. The van der Waals surface area contributed by atoms with E-state index in [0.29, 0.717) is 17.1 Å². The number of halogens is 2. The molecule has 4 nitrogen and oxygen atoms in total. The first-order valence-corrected chi connectivity index (χ1v) is 8.85. The second-order valence-corrected chi connectivity index (χ2v) is 7.87. The standard InChI is InChI=1S/C14H19ClN2O2S.ClH/c1-9-3-2-4-13(14(9)15)20(18,19)17-12-7-10-5-6-11(8-12)16-10;/h2-4,10-12,16-17H,5-8H2,1H3;1H. The number of aryl methyl sites for hydroxylation is 1. The van der Waals surface area contributed by atoms with Crippen LogP contribution in [0.2, 0.25) is 5.02 Å². The first kappa shape index (κ1) is 17.0. The molecule has 7 heteroatoms. The number of rotatable bonds is 3. The van der Waals surface area contributed by atoms with Crippen molar-refractivity contribution in [2.75, 3.05) is 0 Å². The Hall–Kier alpha value is -0.330. The van der Waals surface area contributed by atoms with Gasteiger partial charge in [0.25, 0.3) is 0 Å². The zero-order chi connectivity index (χ0) is 14.3. The molecule has 2 fully saturated rings. The predicted molar refractivity (Wildman–Crippen MR) is 86.7 cm³/mol. The predicted octanol–water partition coefficient (Wildman–Crippen LogP) is 2.63. The molecule has 3 rings (SSSR count). The molecule has 2 unspecified atom stereocenters. The number of fused-ring (bicyclic) bond motifs is 2. The van der Waals surface area contributed by atoms with Crippen LogP contribution in [-0.4, -0.2) is 26.5 Å². The van der Waals surface area contributed by atoms with Crippen molar-refractivity contribution < 1.29 is 8.42 Å². The fraction of sp³-hybridized carbons (Fsp3) is 0.571. The highest BCUT2D eigenvalue weighted by Gasteiger charge is 2.35. The third kappa shape index (κ3) is 3.54. The van der Waals surface area contributed by atoms with E-state index in [-0.39, 0.29) is 23.3 Å². The fourth-order valence-electron chi connectivity index (χ4n) is 3.26. The van der Waals surface area contributed by atoms with Gasteiger partial charge in [-0.3, -0.25) is 0 Å². The molecule has 0 saturated carbocycles. The summed E-state index contributed by atoms with van der Waals surface area (Å²) in [4.78, 5) is 0.185. The van der Waals surface area contributed by atoms with Crippen molar-refractivity contribution in [3.05, 3.63) is 28.8 Å². The molecule has 0 spiro atoms. The number of hydrogen-bond acceptors (Lipinski definition) is 3. The minimum absolute atomic E-state index is 0. The Labute approximate surface area is 137 Å². The summed E-state index contributed by atoms with van der Waals surface area (Å²) in [5, 5.41) is 3.82. The van der Waals surface area contributed by atoms with Crippen molar-refractivity contribution in [2.24, 2.45) is 0 Å². The molecule has 0 amide bonds. The molecule has 2 aliphatic rings. The van der Waals surface area contributed by atoms with Crippen LogP contribution in [0.15, 0.2) is 23.1 Å². The molecule has 2 aliphatic heterocycles. The first-order valence-electron chi connectivity index (χ1n) is 6.99. The van der Waals surface area contributed by atoms with E-state index in [9.17, 15) is 8.42 Å². The normalized spacial score (nSPS) is 28.2. The number of sulfonamides is 1. The highest BCUT2D eigenvalue weighted by atomic mass is 35.5. The van der Waals surface area contributed by atoms with E-state index in [1.54, 1.807) is 12.1 Å². The maximum atomic E-state index is 12.5. The average Bonchev–Trinajstić information content (AvgIpc) is 2.71. The topological polar surface area (TPSA) is 58.2 Å². The van der Waals surface area contributed by atoms with Crippen molar-refractivity contribution in [3.63, 3.8) is 0 Å². The van der Waals surface area contributed by atoms with Gasteiger partial charge in [-0.1, -0.05) is 23.7 Å². The van der Waals surface area contributed by atoms with Crippen LogP contribution in [0.4, 0.5) is 0 Å². The smallest absolute Gasteiger partial charge is 0.242 e. The summed E-state index contributed by atoms with van der Waals surface area (Å²) in [5.41, 5.74) is 0.778. The van der Waals surface area contributed by atoms with Gasteiger partial charge in [-0.05, 0) is 44.2 Å². The van der Waals surface area contributed by atoms with Gasteiger partial charge in [-0.2, -0.15) is 0 Å². The van der Waals surface area contributed by atoms with Gasteiger partial charge < -0.3 is 5.32 Å². The van der Waals surface area contributed by atoms with E-state index in [1.807, 2.05) is 13.0 Å². The molecule has 0 aromatic heterocycles. The molecule has 1 aromatic rings. The second kappa shape index (κ2) is 6.42. The minimum atomic E-state index is -3.54. The van der Waals surface area contributed by atoms with E-state index < -0.39 is 10.0 Å². The number of piperidine rings is 1. The molecule has 0 aliphatic carbocycles. The van der Waals surface area contributed by atoms with Crippen LogP contribution in [0.25, 0.3) is 0 Å². The third-order valence-corrected chi connectivity index (χ3v) is 6.42. The molecular weight excluding hydrogens is 331 g/mol. The molecular formula is C14H20Cl2N2O2S. The van der Waals surface area contributed by atoms with Crippen molar-refractivity contribution in [1.29, 1.82) is 0 Å². The molecule has 2 bridgehead atoms. The van der Waals surface area contributed by atoms with Crippen molar-refractivity contribution >= 4 is 34.0 Å². The van der Waals surface area contributed by atoms with E-state index in [4.69, 9.17) is 11.6 Å². The third-order valence-electron chi connectivity index (χ3n) is 4.24. The van der Waals surface area contributed by atoms with Crippen molar-refractivity contribution in [2.45, 2.75) is 55.6 Å². The summed E-state index contributed by atoms with van der Waals surface area (Å²) in [6.07, 6.45) is 4.01. The number of hydrogen-bond donors (Lipinski definition) is 2. The Balaban J connectivity index is 0.00000161. The lowest BCUT2D eigenvalue weighted by atomic mass is 10.0. The number of benzene rings is 1. The van der Waals surface area contributed by atoms with Gasteiger partial charge in [0, 0.05) is 18.1 Å². The zero-order valence-electron chi connectivity index (χ0n) is 11.8. The van der Waals surface area contributed by atoms with Gasteiger partial charge in [0.15, 0.2) is 0 Å². The summed E-state index contributed by atoms with van der Waals surface area (Å²) in [7, 11) is -3.54. The van der Waals surface area contributed by atoms with Crippen LogP contribution in [-0.2, 0) is 10.0 Å². The van der Waals surface area contributed by atoms with Crippen LogP contribution < -0.4 is 10.0 Å². The molecule has 2 heterocycles. The Kier molecular flexibility index (Phi) is 5.21. The summed E-state index contributed by atoms with van der Waals surface area (Å²) in [5.74, 6) is 0. The van der Waals surface area contributed by atoms with E-state index in [1.165, 1.54) is 0 Å². The lowest BCUT2D eigenvalue weighted by molar-refractivity contribution is 0.345. The SMILES string of the molecule is Cc1cccc(S(=O)(=O)NC2CC3CCC(C2)N3)c1Cl.Cl. The summed E-state index contributed by atoms with van der Waals surface area (Å²) in [6, 6.07) is 6.01. The Morgan fingerprint density at radius 2 is 1.86 bits per heavy atom. The molecule has 2 atom stereocenters. The highest BCUT2D eigenvalue weighted by molar-refractivity contribution is 7.89. The molecule has 118 valence electrons. The maximum absolute atomic E-state index is 12.5. The molecule has 2 saturated heterocycles. The lowest BCUT2D eigenvalue weighted by Crippen LogP contribution is -2.47. The summed E-state index contributed by atoms with van der Waals surface area (Å²) >= 11 is 6.13. The number of nitrogens with one attached hydrogen (secondary N) is 2. The van der Waals surface area contributed by atoms with Gasteiger partial charge >= 0.3 is 0 Å². The van der Waals surface area contributed by atoms with Crippen molar-refractivity contribution in [3.8, 4) is 0 Å². The first-order chi connectivity index (χ1) is 9.45. The monoisotopic (exact) mass is 350 g/mol. The fourth-order valence-corrected chi connectivity index (χ4v) is 5.11. The highest BCUT2D eigenvalue weighted by Crippen LogP contribution is 2.29.